The second kappa shape index (κ2) is 6.93. The van der Waals surface area contributed by atoms with Crippen LogP contribution in [0.25, 0.3) is 0 Å². The SMILES string of the molecule is CCCC(C)Oc1cc(F)cc(C#CCO)c1. The Bertz CT molecular complexity index is 418. The summed E-state index contributed by atoms with van der Waals surface area (Å²) < 4.78 is 18.9. The van der Waals surface area contributed by atoms with Crippen molar-refractivity contribution in [1.82, 2.24) is 0 Å². The average molecular weight is 236 g/mol. The Morgan fingerprint density at radius 1 is 1.41 bits per heavy atom. The summed E-state index contributed by atoms with van der Waals surface area (Å²) in [6.45, 7) is 3.79. The Labute approximate surface area is 101 Å². The smallest absolute Gasteiger partial charge is 0.128 e. The molecule has 0 fully saturated rings. The van der Waals surface area contributed by atoms with E-state index >= 15 is 0 Å². The van der Waals surface area contributed by atoms with Crippen molar-refractivity contribution in [3.05, 3.63) is 29.6 Å². The first-order valence-corrected chi connectivity index (χ1v) is 5.72. The lowest BCUT2D eigenvalue weighted by molar-refractivity contribution is 0.209. The highest BCUT2D eigenvalue weighted by atomic mass is 19.1. The molecule has 1 aromatic carbocycles. The molecule has 1 atom stereocenters. The maximum atomic E-state index is 13.3. The number of benzene rings is 1. The van der Waals surface area contributed by atoms with Crippen LogP contribution in [0.4, 0.5) is 4.39 Å². The molecule has 3 heteroatoms. The number of aliphatic hydroxyl groups excluding tert-OH is 1. The molecule has 0 aliphatic rings. The fourth-order valence-corrected chi connectivity index (χ4v) is 1.54. The van der Waals surface area contributed by atoms with Gasteiger partial charge in [-0.3, -0.25) is 0 Å². The van der Waals surface area contributed by atoms with Crippen LogP contribution in [0.1, 0.15) is 32.3 Å². The molecule has 1 rings (SSSR count). The molecule has 92 valence electrons. The molecule has 1 aromatic rings. The van der Waals surface area contributed by atoms with Crippen molar-refractivity contribution in [2.24, 2.45) is 0 Å². The molecule has 0 aliphatic heterocycles. The van der Waals surface area contributed by atoms with E-state index in [1.54, 1.807) is 6.07 Å². The molecule has 2 nitrogen and oxygen atoms in total. The van der Waals surface area contributed by atoms with Crippen LogP contribution in [0.2, 0.25) is 0 Å². The van der Waals surface area contributed by atoms with Crippen molar-refractivity contribution >= 4 is 0 Å². The van der Waals surface area contributed by atoms with Gasteiger partial charge in [0.25, 0.3) is 0 Å². The lowest BCUT2D eigenvalue weighted by Gasteiger charge is -2.13. The van der Waals surface area contributed by atoms with Crippen molar-refractivity contribution in [3.63, 3.8) is 0 Å². The molecule has 0 radical (unpaired) electrons. The van der Waals surface area contributed by atoms with Crippen molar-refractivity contribution < 1.29 is 14.2 Å². The summed E-state index contributed by atoms with van der Waals surface area (Å²) in [5.74, 6) is 5.24. The molecule has 0 aliphatic carbocycles. The maximum Gasteiger partial charge on any atom is 0.128 e. The van der Waals surface area contributed by atoms with Crippen LogP contribution < -0.4 is 4.74 Å². The second-order valence-electron chi connectivity index (χ2n) is 3.85. The molecule has 0 heterocycles. The predicted octanol–water partition coefficient (Wildman–Crippen LogP) is 2.74. The van der Waals surface area contributed by atoms with Crippen LogP contribution in [0.5, 0.6) is 5.75 Å². The van der Waals surface area contributed by atoms with E-state index in [4.69, 9.17) is 9.84 Å². The highest BCUT2D eigenvalue weighted by Crippen LogP contribution is 2.18. The number of hydrogen-bond acceptors (Lipinski definition) is 2. The lowest BCUT2D eigenvalue weighted by atomic mass is 10.2. The normalized spacial score (nSPS) is 11.5. The molecule has 0 spiro atoms. The summed E-state index contributed by atoms with van der Waals surface area (Å²) in [5.41, 5.74) is 0.512. The van der Waals surface area contributed by atoms with Gasteiger partial charge in [-0.05, 0) is 25.5 Å². The third kappa shape index (κ3) is 4.88. The van der Waals surface area contributed by atoms with Crippen LogP contribution in [0.3, 0.4) is 0 Å². The van der Waals surface area contributed by atoms with Gasteiger partial charge in [-0.2, -0.15) is 0 Å². The fourth-order valence-electron chi connectivity index (χ4n) is 1.54. The zero-order chi connectivity index (χ0) is 12.7. The summed E-state index contributed by atoms with van der Waals surface area (Å²) in [6.07, 6.45) is 2.00. The Kier molecular flexibility index (Phi) is 5.51. The fraction of sp³-hybridized carbons (Fsp3) is 0.429. The first-order valence-electron chi connectivity index (χ1n) is 5.72. The molecule has 0 bridgehead atoms. The predicted molar refractivity (Wildman–Crippen MR) is 65.4 cm³/mol. The first kappa shape index (κ1) is 13.5. The van der Waals surface area contributed by atoms with E-state index in [2.05, 4.69) is 18.8 Å². The Morgan fingerprint density at radius 3 is 2.82 bits per heavy atom. The highest BCUT2D eigenvalue weighted by molar-refractivity contribution is 5.40. The molecule has 0 saturated heterocycles. The standard InChI is InChI=1S/C14H17FO2/c1-3-5-11(2)17-14-9-12(6-4-7-16)8-13(15)10-14/h8-11,16H,3,5,7H2,1-2H3. The highest BCUT2D eigenvalue weighted by Gasteiger charge is 2.05. The zero-order valence-corrected chi connectivity index (χ0v) is 10.2. The minimum absolute atomic E-state index is 0.0560. The zero-order valence-electron chi connectivity index (χ0n) is 10.2. The molecule has 0 aromatic heterocycles. The lowest BCUT2D eigenvalue weighted by Crippen LogP contribution is -2.11. The summed E-state index contributed by atoms with van der Waals surface area (Å²) in [7, 11) is 0. The minimum Gasteiger partial charge on any atom is -0.491 e. The number of ether oxygens (including phenoxy) is 1. The molecular weight excluding hydrogens is 219 g/mol. The van der Waals surface area contributed by atoms with Gasteiger partial charge in [0, 0.05) is 11.6 Å². The molecule has 1 unspecified atom stereocenters. The Hall–Kier alpha value is -1.53. The van der Waals surface area contributed by atoms with Crippen LogP contribution >= 0.6 is 0 Å². The van der Waals surface area contributed by atoms with E-state index in [9.17, 15) is 4.39 Å². The summed E-state index contributed by atoms with van der Waals surface area (Å²) in [6, 6.07) is 4.34. The van der Waals surface area contributed by atoms with Crippen molar-refractivity contribution in [2.45, 2.75) is 32.8 Å². The number of halogens is 1. The van der Waals surface area contributed by atoms with Gasteiger partial charge in [0.1, 0.15) is 18.2 Å². The van der Waals surface area contributed by atoms with Gasteiger partial charge in [-0.1, -0.05) is 25.2 Å². The number of rotatable bonds is 4. The topological polar surface area (TPSA) is 29.5 Å². The third-order valence-corrected chi connectivity index (χ3v) is 2.22. The van der Waals surface area contributed by atoms with Gasteiger partial charge in [0.05, 0.1) is 6.10 Å². The minimum atomic E-state index is -0.381. The molecule has 17 heavy (non-hydrogen) atoms. The molecular formula is C14H17FO2. The Balaban J connectivity index is 2.82. The van der Waals surface area contributed by atoms with Gasteiger partial charge >= 0.3 is 0 Å². The van der Waals surface area contributed by atoms with Crippen LogP contribution in [-0.2, 0) is 0 Å². The van der Waals surface area contributed by atoms with Crippen LogP contribution in [0, 0.1) is 17.7 Å². The summed E-state index contributed by atoms with van der Waals surface area (Å²) in [4.78, 5) is 0. The molecule has 1 N–H and O–H groups in total. The monoisotopic (exact) mass is 236 g/mol. The van der Waals surface area contributed by atoms with Crippen molar-refractivity contribution in [1.29, 1.82) is 0 Å². The van der Waals surface area contributed by atoms with E-state index in [1.807, 2.05) is 6.92 Å². The number of aliphatic hydroxyl groups is 1. The third-order valence-electron chi connectivity index (χ3n) is 2.22. The van der Waals surface area contributed by atoms with Gasteiger partial charge < -0.3 is 9.84 Å². The maximum absolute atomic E-state index is 13.3. The van der Waals surface area contributed by atoms with Gasteiger partial charge in [-0.15, -0.1) is 0 Å². The average Bonchev–Trinajstić information content (AvgIpc) is 2.25. The van der Waals surface area contributed by atoms with E-state index < -0.39 is 0 Å². The van der Waals surface area contributed by atoms with Gasteiger partial charge in [-0.25, -0.2) is 4.39 Å². The summed E-state index contributed by atoms with van der Waals surface area (Å²) >= 11 is 0. The van der Waals surface area contributed by atoms with Gasteiger partial charge in [0.2, 0.25) is 0 Å². The molecule has 0 amide bonds. The summed E-state index contributed by atoms with van der Waals surface area (Å²) in [5, 5.41) is 8.58. The first-order chi connectivity index (χ1) is 8.15. The quantitative estimate of drug-likeness (QED) is 0.814. The van der Waals surface area contributed by atoms with E-state index in [1.165, 1.54) is 12.1 Å². The van der Waals surface area contributed by atoms with Gasteiger partial charge in [0.15, 0.2) is 0 Å². The van der Waals surface area contributed by atoms with E-state index in [0.29, 0.717) is 11.3 Å². The Morgan fingerprint density at radius 2 is 2.18 bits per heavy atom. The molecule has 0 saturated carbocycles. The largest absolute Gasteiger partial charge is 0.491 e. The number of hydrogen-bond donors (Lipinski definition) is 1. The van der Waals surface area contributed by atoms with Crippen molar-refractivity contribution in [2.75, 3.05) is 6.61 Å². The van der Waals surface area contributed by atoms with Crippen LogP contribution in [0.15, 0.2) is 18.2 Å². The van der Waals surface area contributed by atoms with E-state index in [0.717, 1.165) is 12.8 Å². The van der Waals surface area contributed by atoms with E-state index in [-0.39, 0.29) is 18.5 Å². The van der Waals surface area contributed by atoms with Crippen LogP contribution in [-0.4, -0.2) is 17.8 Å². The second-order valence-corrected chi connectivity index (χ2v) is 3.85. The van der Waals surface area contributed by atoms with Crippen molar-refractivity contribution in [3.8, 4) is 17.6 Å².